The Kier molecular flexibility index (Phi) is 4.17. The van der Waals surface area contributed by atoms with Crippen LogP contribution in [0.5, 0.6) is 0 Å². The zero-order valence-corrected chi connectivity index (χ0v) is 14.7. The van der Waals surface area contributed by atoms with Crippen LogP contribution >= 0.6 is 0 Å². The van der Waals surface area contributed by atoms with Gasteiger partial charge in [-0.3, -0.25) is 9.59 Å². The highest BCUT2D eigenvalue weighted by atomic mass is 16.2. The van der Waals surface area contributed by atoms with E-state index in [2.05, 4.69) is 0 Å². The molecular formula is C22H20N2O2. The highest BCUT2D eigenvalue weighted by Crippen LogP contribution is 2.28. The van der Waals surface area contributed by atoms with Gasteiger partial charge < -0.3 is 9.47 Å². The molecule has 0 atom stereocenters. The van der Waals surface area contributed by atoms with Crippen molar-refractivity contribution in [1.29, 1.82) is 0 Å². The molecule has 0 bridgehead atoms. The zero-order valence-electron chi connectivity index (χ0n) is 14.7. The number of carbonyl (C=O) groups excluding carboxylic acids is 1. The second kappa shape index (κ2) is 6.64. The second-order valence-corrected chi connectivity index (χ2v) is 6.68. The molecular weight excluding hydrogens is 324 g/mol. The number of carbonyl (C=O) groups is 1. The van der Waals surface area contributed by atoms with Gasteiger partial charge in [-0.1, -0.05) is 48.0 Å². The minimum absolute atomic E-state index is 0.219. The number of benzene rings is 2. The standard InChI is InChI=1S/C22H20N2O2/c1-16-8-10-17(11-9-16)15-23-13-4-6-19(21(23)25)22(26)24-14-12-18-5-2-3-7-20(18)24/h2-11,13H,12,14-15H2,1H3. The van der Waals surface area contributed by atoms with Gasteiger partial charge in [-0.05, 0) is 42.7 Å². The molecule has 0 radical (unpaired) electrons. The summed E-state index contributed by atoms with van der Waals surface area (Å²) in [5.41, 5.74) is 4.24. The first kappa shape index (κ1) is 16.3. The first-order chi connectivity index (χ1) is 12.6. The Bertz CT molecular complexity index is 1020. The van der Waals surface area contributed by atoms with Crippen LogP contribution in [0.2, 0.25) is 0 Å². The molecule has 1 aliphatic heterocycles. The largest absolute Gasteiger partial charge is 0.310 e. The van der Waals surface area contributed by atoms with E-state index >= 15 is 0 Å². The molecule has 4 heteroatoms. The summed E-state index contributed by atoms with van der Waals surface area (Å²) < 4.78 is 1.60. The third-order valence-electron chi connectivity index (χ3n) is 4.86. The number of anilines is 1. The van der Waals surface area contributed by atoms with Crippen molar-refractivity contribution in [2.45, 2.75) is 19.9 Å². The fourth-order valence-corrected chi connectivity index (χ4v) is 3.41. The predicted molar refractivity (Wildman–Crippen MR) is 103 cm³/mol. The Morgan fingerprint density at radius 1 is 1.00 bits per heavy atom. The number of pyridine rings is 1. The van der Waals surface area contributed by atoms with Gasteiger partial charge in [-0.25, -0.2) is 0 Å². The van der Waals surface area contributed by atoms with E-state index in [-0.39, 0.29) is 17.0 Å². The van der Waals surface area contributed by atoms with Crippen molar-refractivity contribution in [1.82, 2.24) is 4.57 Å². The molecule has 4 rings (SSSR count). The fraction of sp³-hybridized carbons (Fsp3) is 0.182. The van der Waals surface area contributed by atoms with Crippen LogP contribution in [0.3, 0.4) is 0 Å². The Balaban J connectivity index is 1.65. The normalized spacial score (nSPS) is 12.9. The van der Waals surface area contributed by atoms with E-state index in [1.54, 1.807) is 27.8 Å². The quantitative estimate of drug-likeness (QED) is 0.731. The summed E-state index contributed by atoms with van der Waals surface area (Å²) in [7, 11) is 0. The Morgan fingerprint density at radius 3 is 2.58 bits per heavy atom. The van der Waals surface area contributed by atoms with Crippen LogP contribution in [-0.2, 0) is 13.0 Å². The Labute approximate surface area is 152 Å². The monoisotopic (exact) mass is 344 g/mol. The van der Waals surface area contributed by atoms with Crippen LogP contribution in [0.1, 0.15) is 27.0 Å². The molecule has 1 amide bonds. The summed E-state index contributed by atoms with van der Waals surface area (Å²) in [6.07, 6.45) is 2.56. The van der Waals surface area contributed by atoms with Gasteiger partial charge in [0.05, 0.1) is 6.54 Å². The van der Waals surface area contributed by atoms with Gasteiger partial charge in [0, 0.05) is 18.4 Å². The highest BCUT2D eigenvalue weighted by Gasteiger charge is 2.26. The first-order valence-corrected chi connectivity index (χ1v) is 8.78. The number of aromatic nitrogens is 1. The van der Waals surface area contributed by atoms with Gasteiger partial charge in [-0.2, -0.15) is 0 Å². The van der Waals surface area contributed by atoms with Crippen molar-refractivity contribution in [2.24, 2.45) is 0 Å². The zero-order chi connectivity index (χ0) is 18.1. The average molecular weight is 344 g/mol. The molecule has 1 aromatic heterocycles. The highest BCUT2D eigenvalue weighted by molar-refractivity contribution is 6.07. The first-order valence-electron chi connectivity index (χ1n) is 8.78. The van der Waals surface area contributed by atoms with E-state index in [4.69, 9.17) is 0 Å². The Hall–Kier alpha value is -3.14. The van der Waals surface area contributed by atoms with E-state index in [1.807, 2.05) is 55.5 Å². The summed E-state index contributed by atoms with van der Waals surface area (Å²) in [4.78, 5) is 27.6. The lowest BCUT2D eigenvalue weighted by Gasteiger charge is -2.17. The number of fused-ring (bicyclic) bond motifs is 1. The van der Waals surface area contributed by atoms with E-state index in [9.17, 15) is 9.59 Å². The van der Waals surface area contributed by atoms with Crippen LogP contribution in [-0.4, -0.2) is 17.0 Å². The third kappa shape index (κ3) is 2.94. The molecule has 130 valence electrons. The van der Waals surface area contributed by atoms with E-state index in [0.717, 1.165) is 23.2 Å². The maximum atomic E-state index is 13.0. The number of rotatable bonds is 3. The van der Waals surface area contributed by atoms with Crippen LogP contribution < -0.4 is 10.5 Å². The lowest BCUT2D eigenvalue weighted by atomic mass is 10.1. The molecule has 0 aliphatic carbocycles. The Morgan fingerprint density at radius 2 is 1.77 bits per heavy atom. The van der Waals surface area contributed by atoms with E-state index < -0.39 is 0 Å². The molecule has 1 aliphatic rings. The molecule has 0 N–H and O–H groups in total. The average Bonchev–Trinajstić information content (AvgIpc) is 3.09. The van der Waals surface area contributed by atoms with Crippen molar-refractivity contribution >= 4 is 11.6 Å². The molecule has 0 spiro atoms. The minimum atomic E-state index is -0.248. The van der Waals surface area contributed by atoms with Crippen molar-refractivity contribution in [2.75, 3.05) is 11.4 Å². The summed E-state index contributed by atoms with van der Waals surface area (Å²) in [5, 5.41) is 0. The third-order valence-corrected chi connectivity index (χ3v) is 4.86. The van der Waals surface area contributed by atoms with Crippen molar-refractivity contribution in [3.8, 4) is 0 Å². The number of aryl methyl sites for hydroxylation is 1. The summed E-state index contributed by atoms with van der Waals surface area (Å²) >= 11 is 0. The predicted octanol–water partition coefficient (Wildman–Crippen LogP) is 3.41. The van der Waals surface area contributed by atoms with Gasteiger partial charge in [-0.15, -0.1) is 0 Å². The molecule has 2 heterocycles. The number of hydrogen-bond donors (Lipinski definition) is 0. The number of para-hydroxylation sites is 1. The maximum Gasteiger partial charge on any atom is 0.263 e. The molecule has 4 nitrogen and oxygen atoms in total. The number of hydrogen-bond acceptors (Lipinski definition) is 2. The second-order valence-electron chi connectivity index (χ2n) is 6.68. The molecule has 0 fully saturated rings. The smallest absolute Gasteiger partial charge is 0.263 e. The van der Waals surface area contributed by atoms with Gasteiger partial charge in [0.25, 0.3) is 11.5 Å². The number of nitrogens with zero attached hydrogens (tertiary/aromatic N) is 2. The van der Waals surface area contributed by atoms with E-state index in [0.29, 0.717) is 13.1 Å². The lowest BCUT2D eigenvalue weighted by Crippen LogP contribution is -2.35. The molecule has 0 unspecified atom stereocenters. The van der Waals surface area contributed by atoms with Gasteiger partial charge in [0.2, 0.25) is 0 Å². The minimum Gasteiger partial charge on any atom is -0.310 e. The van der Waals surface area contributed by atoms with Crippen LogP contribution in [0.15, 0.2) is 71.7 Å². The summed E-state index contributed by atoms with van der Waals surface area (Å²) in [5.74, 6) is -0.224. The molecule has 2 aromatic carbocycles. The van der Waals surface area contributed by atoms with Crippen molar-refractivity contribution in [3.05, 3.63) is 99.5 Å². The van der Waals surface area contributed by atoms with Crippen molar-refractivity contribution in [3.63, 3.8) is 0 Å². The van der Waals surface area contributed by atoms with Crippen LogP contribution in [0, 0.1) is 6.92 Å². The van der Waals surface area contributed by atoms with Gasteiger partial charge in [0.1, 0.15) is 5.56 Å². The molecule has 0 saturated heterocycles. The summed E-state index contributed by atoms with van der Waals surface area (Å²) in [6, 6.07) is 19.3. The van der Waals surface area contributed by atoms with E-state index in [1.165, 1.54) is 5.56 Å². The van der Waals surface area contributed by atoms with Gasteiger partial charge >= 0.3 is 0 Å². The molecule has 26 heavy (non-hydrogen) atoms. The topological polar surface area (TPSA) is 42.3 Å². The van der Waals surface area contributed by atoms with Crippen LogP contribution in [0.4, 0.5) is 5.69 Å². The van der Waals surface area contributed by atoms with Gasteiger partial charge in [0.15, 0.2) is 0 Å². The SMILES string of the molecule is Cc1ccc(Cn2cccc(C(=O)N3CCc4ccccc43)c2=O)cc1. The fourth-order valence-electron chi connectivity index (χ4n) is 3.41. The number of amides is 1. The molecule has 0 saturated carbocycles. The molecule has 3 aromatic rings. The maximum absolute atomic E-state index is 13.0. The van der Waals surface area contributed by atoms with Crippen LogP contribution in [0.25, 0.3) is 0 Å². The summed E-state index contributed by atoms with van der Waals surface area (Å²) in [6.45, 7) is 3.10. The lowest BCUT2D eigenvalue weighted by molar-refractivity contribution is 0.0987. The van der Waals surface area contributed by atoms with Crippen molar-refractivity contribution < 1.29 is 4.79 Å².